The van der Waals surface area contributed by atoms with Gasteiger partial charge >= 0.3 is 0 Å². The van der Waals surface area contributed by atoms with Crippen LogP contribution in [0.2, 0.25) is 5.02 Å². The molecule has 1 heterocycles. The lowest BCUT2D eigenvalue weighted by Gasteiger charge is -2.23. The van der Waals surface area contributed by atoms with E-state index in [1.54, 1.807) is 11.3 Å². The summed E-state index contributed by atoms with van der Waals surface area (Å²) < 4.78 is 0. The Balaban J connectivity index is 1.92. The van der Waals surface area contributed by atoms with Crippen LogP contribution < -0.4 is 5.32 Å². The first-order valence-corrected chi connectivity index (χ1v) is 8.98. The van der Waals surface area contributed by atoms with Gasteiger partial charge in [0.1, 0.15) is 0 Å². The second kappa shape index (κ2) is 8.48. The Bertz CT molecular complexity index is 628. The summed E-state index contributed by atoms with van der Waals surface area (Å²) in [5, 5.41) is 5.92. The van der Waals surface area contributed by atoms with Gasteiger partial charge in [0.25, 0.3) is 0 Å². The van der Waals surface area contributed by atoms with Gasteiger partial charge in [-0.2, -0.15) is 0 Å². The van der Waals surface area contributed by atoms with Crippen molar-refractivity contribution in [2.45, 2.75) is 26.4 Å². The van der Waals surface area contributed by atoms with Gasteiger partial charge in [0.05, 0.1) is 12.6 Å². The van der Waals surface area contributed by atoms with Gasteiger partial charge in [-0.25, -0.2) is 0 Å². The first kappa shape index (κ1) is 18.0. The third kappa shape index (κ3) is 5.34. The lowest BCUT2D eigenvalue weighted by Crippen LogP contribution is -2.38. The predicted molar refractivity (Wildman–Crippen MR) is 97.8 cm³/mol. The van der Waals surface area contributed by atoms with E-state index in [4.69, 9.17) is 11.6 Å². The van der Waals surface area contributed by atoms with Gasteiger partial charge in [0, 0.05) is 16.4 Å². The lowest BCUT2D eigenvalue weighted by atomic mass is 10.0. The van der Waals surface area contributed by atoms with Crippen molar-refractivity contribution in [3.63, 3.8) is 0 Å². The number of carbonyl (C=O) groups excluding carboxylic acids is 1. The number of halogens is 1. The van der Waals surface area contributed by atoms with E-state index in [0.29, 0.717) is 19.0 Å². The summed E-state index contributed by atoms with van der Waals surface area (Å²) in [5.74, 6) is 0.387. The number of likely N-dealkylation sites (N-methyl/N-ethyl adjacent to an activating group) is 1. The molecule has 1 unspecified atom stereocenters. The molecule has 124 valence electrons. The lowest BCUT2D eigenvalue weighted by molar-refractivity contribution is -0.123. The quantitative estimate of drug-likeness (QED) is 0.805. The SMILES string of the molecule is CC(C)C(NC(=O)CN(C)Cc1ccccc1Cl)c1cccs1. The average Bonchev–Trinajstić information content (AvgIpc) is 3.00. The molecule has 2 rings (SSSR count). The first-order valence-electron chi connectivity index (χ1n) is 7.72. The van der Waals surface area contributed by atoms with E-state index in [1.807, 2.05) is 47.7 Å². The standard InChI is InChI=1S/C18H23ClN2OS/c1-13(2)18(16-9-6-10-23-16)20-17(22)12-21(3)11-14-7-4-5-8-15(14)19/h4-10,13,18H,11-12H2,1-3H3,(H,20,22). The van der Waals surface area contributed by atoms with Crippen LogP contribution in [0.25, 0.3) is 0 Å². The van der Waals surface area contributed by atoms with Gasteiger partial charge in [-0.15, -0.1) is 11.3 Å². The molecule has 3 nitrogen and oxygen atoms in total. The number of benzene rings is 1. The molecule has 0 aliphatic heterocycles. The zero-order chi connectivity index (χ0) is 16.8. The van der Waals surface area contributed by atoms with E-state index in [-0.39, 0.29) is 11.9 Å². The van der Waals surface area contributed by atoms with Crippen molar-refractivity contribution in [2.24, 2.45) is 5.92 Å². The van der Waals surface area contributed by atoms with Gasteiger partial charge < -0.3 is 5.32 Å². The van der Waals surface area contributed by atoms with Crippen LogP contribution in [0.1, 0.15) is 30.3 Å². The monoisotopic (exact) mass is 350 g/mol. The highest BCUT2D eigenvalue weighted by molar-refractivity contribution is 7.10. The normalized spacial score (nSPS) is 12.6. The van der Waals surface area contributed by atoms with Gasteiger partial charge in [-0.3, -0.25) is 9.69 Å². The second-order valence-electron chi connectivity index (χ2n) is 6.07. The summed E-state index contributed by atoms with van der Waals surface area (Å²) in [5.41, 5.74) is 1.03. The predicted octanol–water partition coefficient (Wildman–Crippen LogP) is 4.35. The maximum absolute atomic E-state index is 12.4. The molecule has 0 radical (unpaired) electrons. The summed E-state index contributed by atoms with van der Waals surface area (Å²) in [6.45, 7) is 5.24. The van der Waals surface area contributed by atoms with Crippen molar-refractivity contribution < 1.29 is 4.79 Å². The van der Waals surface area contributed by atoms with E-state index in [0.717, 1.165) is 10.6 Å². The fourth-order valence-electron chi connectivity index (χ4n) is 2.47. The molecule has 1 amide bonds. The number of amides is 1. The number of nitrogens with zero attached hydrogens (tertiary/aromatic N) is 1. The smallest absolute Gasteiger partial charge is 0.234 e. The Hall–Kier alpha value is -1.36. The van der Waals surface area contributed by atoms with E-state index >= 15 is 0 Å². The molecule has 0 aliphatic carbocycles. The van der Waals surface area contributed by atoms with Crippen LogP contribution in [0.15, 0.2) is 41.8 Å². The molecular weight excluding hydrogens is 328 g/mol. The molecule has 1 N–H and O–H groups in total. The molecule has 1 aromatic carbocycles. The van der Waals surface area contributed by atoms with E-state index in [9.17, 15) is 4.79 Å². The van der Waals surface area contributed by atoms with Gasteiger partial charge in [-0.05, 0) is 36.0 Å². The Labute approximate surface area is 147 Å². The van der Waals surface area contributed by atoms with Gasteiger partial charge in [0.2, 0.25) is 5.91 Å². The summed E-state index contributed by atoms with van der Waals surface area (Å²) in [4.78, 5) is 15.5. The van der Waals surface area contributed by atoms with Crippen LogP contribution in [0.5, 0.6) is 0 Å². The van der Waals surface area contributed by atoms with Crippen molar-refractivity contribution in [1.82, 2.24) is 10.2 Å². The molecule has 0 saturated carbocycles. The summed E-state index contributed by atoms with van der Waals surface area (Å²) >= 11 is 7.85. The van der Waals surface area contributed by atoms with Crippen molar-refractivity contribution in [3.05, 3.63) is 57.2 Å². The Morgan fingerprint density at radius 2 is 2.00 bits per heavy atom. The number of rotatable bonds is 7. The van der Waals surface area contributed by atoms with Crippen LogP contribution in [-0.2, 0) is 11.3 Å². The number of carbonyl (C=O) groups is 1. The van der Waals surface area contributed by atoms with Crippen LogP contribution in [0.3, 0.4) is 0 Å². The molecule has 23 heavy (non-hydrogen) atoms. The van der Waals surface area contributed by atoms with Gasteiger partial charge in [0.15, 0.2) is 0 Å². The van der Waals surface area contributed by atoms with Crippen LogP contribution in [0, 0.1) is 5.92 Å². The van der Waals surface area contributed by atoms with Crippen molar-refractivity contribution in [1.29, 1.82) is 0 Å². The van der Waals surface area contributed by atoms with Crippen LogP contribution >= 0.6 is 22.9 Å². The fourth-order valence-corrected chi connectivity index (χ4v) is 3.62. The summed E-state index contributed by atoms with van der Waals surface area (Å²) in [7, 11) is 1.93. The third-order valence-electron chi connectivity index (χ3n) is 3.64. The number of hydrogen-bond donors (Lipinski definition) is 1. The molecule has 0 bridgehead atoms. The fraction of sp³-hybridized carbons (Fsp3) is 0.389. The zero-order valence-electron chi connectivity index (χ0n) is 13.8. The van der Waals surface area contributed by atoms with E-state index < -0.39 is 0 Å². The molecule has 1 atom stereocenters. The molecule has 0 aliphatic rings. The number of nitrogens with one attached hydrogen (secondary N) is 1. The minimum atomic E-state index is 0.0339. The summed E-state index contributed by atoms with van der Waals surface area (Å²) in [6.07, 6.45) is 0. The Morgan fingerprint density at radius 3 is 2.61 bits per heavy atom. The largest absolute Gasteiger partial charge is 0.347 e. The van der Waals surface area contributed by atoms with E-state index in [1.165, 1.54) is 4.88 Å². The maximum atomic E-state index is 12.4. The second-order valence-corrected chi connectivity index (χ2v) is 7.45. The van der Waals surface area contributed by atoms with Crippen molar-refractivity contribution >= 4 is 28.8 Å². The summed E-state index contributed by atoms with van der Waals surface area (Å²) in [6, 6.07) is 11.9. The van der Waals surface area contributed by atoms with Crippen LogP contribution in [-0.4, -0.2) is 24.4 Å². The molecular formula is C18H23ClN2OS. The Morgan fingerprint density at radius 1 is 1.26 bits per heavy atom. The van der Waals surface area contributed by atoms with Crippen molar-refractivity contribution in [2.75, 3.05) is 13.6 Å². The number of hydrogen-bond acceptors (Lipinski definition) is 3. The maximum Gasteiger partial charge on any atom is 0.234 e. The topological polar surface area (TPSA) is 32.3 Å². The molecule has 2 aromatic rings. The average molecular weight is 351 g/mol. The zero-order valence-corrected chi connectivity index (χ0v) is 15.3. The molecule has 1 aromatic heterocycles. The van der Waals surface area contributed by atoms with Crippen molar-refractivity contribution in [3.8, 4) is 0 Å². The minimum absolute atomic E-state index is 0.0339. The molecule has 5 heteroatoms. The van der Waals surface area contributed by atoms with Crippen LogP contribution in [0.4, 0.5) is 0 Å². The van der Waals surface area contributed by atoms with E-state index in [2.05, 4.69) is 25.2 Å². The highest BCUT2D eigenvalue weighted by Crippen LogP contribution is 2.25. The molecule has 0 spiro atoms. The first-order chi connectivity index (χ1) is 11.0. The Kier molecular flexibility index (Phi) is 6.63. The molecule has 0 fully saturated rings. The van der Waals surface area contributed by atoms with Gasteiger partial charge in [-0.1, -0.05) is 49.7 Å². The highest BCUT2D eigenvalue weighted by atomic mass is 35.5. The highest BCUT2D eigenvalue weighted by Gasteiger charge is 2.20. The number of thiophene rings is 1. The third-order valence-corrected chi connectivity index (χ3v) is 4.97. The molecule has 0 saturated heterocycles. The minimum Gasteiger partial charge on any atom is -0.347 e.